The highest BCUT2D eigenvalue weighted by molar-refractivity contribution is 6.31. The Labute approximate surface area is 124 Å². The van der Waals surface area contributed by atoms with Crippen LogP contribution in [0, 0.1) is 6.92 Å². The molecule has 5 heteroatoms. The van der Waals surface area contributed by atoms with E-state index in [9.17, 15) is 0 Å². The lowest BCUT2D eigenvalue weighted by Gasteiger charge is -2.24. The summed E-state index contributed by atoms with van der Waals surface area (Å²) < 4.78 is 7.13. The van der Waals surface area contributed by atoms with E-state index in [1.807, 2.05) is 42.1 Å². The third kappa shape index (κ3) is 2.97. The van der Waals surface area contributed by atoms with E-state index in [0.29, 0.717) is 5.02 Å². The molecule has 2 rings (SSSR count). The molecule has 0 aliphatic rings. The van der Waals surface area contributed by atoms with Crippen molar-refractivity contribution in [1.29, 1.82) is 0 Å². The Balaban J connectivity index is 2.46. The minimum atomic E-state index is -0.0544. The van der Waals surface area contributed by atoms with E-state index >= 15 is 0 Å². The molecule has 0 aliphatic carbocycles. The van der Waals surface area contributed by atoms with E-state index in [0.717, 1.165) is 23.4 Å². The minimum absolute atomic E-state index is 0.0440. The average molecular weight is 294 g/mol. The SMILES string of the molecule is CCC(N)C(c1cccc(OC)c1)n1cc(Cl)c(C)n1. The molecule has 0 fully saturated rings. The third-order valence-electron chi connectivity index (χ3n) is 3.45. The number of hydrogen-bond acceptors (Lipinski definition) is 3. The molecule has 0 spiro atoms. The summed E-state index contributed by atoms with van der Waals surface area (Å²) >= 11 is 6.12. The highest BCUT2D eigenvalue weighted by Gasteiger charge is 2.22. The Morgan fingerprint density at radius 1 is 1.45 bits per heavy atom. The number of hydrogen-bond donors (Lipinski definition) is 1. The second-order valence-corrected chi connectivity index (χ2v) is 5.24. The summed E-state index contributed by atoms with van der Waals surface area (Å²) in [6.07, 6.45) is 2.68. The maximum Gasteiger partial charge on any atom is 0.119 e. The van der Waals surface area contributed by atoms with Crippen LogP contribution in [0.25, 0.3) is 0 Å². The largest absolute Gasteiger partial charge is 0.497 e. The number of aromatic nitrogens is 2. The Morgan fingerprint density at radius 2 is 2.20 bits per heavy atom. The van der Waals surface area contributed by atoms with Gasteiger partial charge < -0.3 is 10.5 Å². The summed E-state index contributed by atoms with van der Waals surface area (Å²) in [4.78, 5) is 0. The molecule has 0 saturated heterocycles. The first kappa shape index (κ1) is 14.9. The van der Waals surface area contributed by atoms with Crippen molar-refractivity contribution in [3.05, 3.63) is 46.7 Å². The number of nitrogens with zero attached hydrogens (tertiary/aromatic N) is 2. The van der Waals surface area contributed by atoms with Crippen molar-refractivity contribution in [3.63, 3.8) is 0 Å². The van der Waals surface area contributed by atoms with E-state index in [1.165, 1.54) is 0 Å². The van der Waals surface area contributed by atoms with Crippen LogP contribution in [0.1, 0.15) is 30.6 Å². The van der Waals surface area contributed by atoms with E-state index in [2.05, 4.69) is 12.0 Å². The predicted molar refractivity (Wildman–Crippen MR) is 81.4 cm³/mol. The standard InChI is InChI=1S/C15H20ClN3O/c1-4-14(17)15(19-9-13(16)10(2)18-19)11-6-5-7-12(8-11)20-3/h5-9,14-15H,4,17H2,1-3H3. The normalized spacial score (nSPS) is 14.1. The van der Waals surface area contributed by atoms with Gasteiger partial charge in [-0.3, -0.25) is 4.68 Å². The first-order chi connectivity index (χ1) is 9.56. The van der Waals surface area contributed by atoms with Gasteiger partial charge >= 0.3 is 0 Å². The molecule has 20 heavy (non-hydrogen) atoms. The molecule has 2 N–H and O–H groups in total. The van der Waals surface area contributed by atoms with Gasteiger partial charge in [0.1, 0.15) is 5.75 Å². The molecule has 0 amide bonds. The molecule has 2 unspecified atom stereocenters. The average Bonchev–Trinajstić information content (AvgIpc) is 2.78. The Kier molecular flexibility index (Phi) is 4.68. The van der Waals surface area contributed by atoms with Crippen molar-refractivity contribution >= 4 is 11.6 Å². The fourth-order valence-corrected chi connectivity index (χ4v) is 2.38. The molecule has 0 radical (unpaired) electrons. The summed E-state index contributed by atoms with van der Waals surface area (Å²) in [5.41, 5.74) is 8.16. The summed E-state index contributed by atoms with van der Waals surface area (Å²) in [7, 11) is 1.66. The quantitative estimate of drug-likeness (QED) is 0.921. The van der Waals surface area contributed by atoms with Crippen molar-refractivity contribution in [3.8, 4) is 5.75 Å². The molecular formula is C15H20ClN3O. The zero-order valence-corrected chi connectivity index (χ0v) is 12.8. The van der Waals surface area contributed by atoms with Gasteiger partial charge in [0, 0.05) is 12.2 Å². The number of rotatable bonds is 5. The van der Waals surface area contributed by atoms with Crippen LogP contribution in [0.4, 0.5) is 0 Å². The van der Waals surface area contributed by atoms with Crippen molar-refractivity contribution in [1.82, 2.24) is 9.78 Å². The molecule has 0 bridgehead atoms. The van der Waals surface area contributed by atoms with Crippen LogP contribution in [-0.2, 0) is 0 Å². The van der Waals surface area contributed by atoms with Crippen LogP contribution < -0.4 is 10.5 Å². The Bertz CT molecular complexity index is 563. The summed E-state index contributed by atoms with van der Waals surface area (Å²) in [5.74, 6) is 0.811. The van der Waals surface area contributed by atoms with Gasteiger partial charge in [0.25, 0.3) is 0 Å². The first-order valence-electron chi connectivity index (χ1n) is 6.67. The lowest BCUT2D eigenvalue weighted by molar-refractivity contribution is 0.404. The lowest BCUT2D eigenvalue weighted by atomic mass is 9.98. The van der Waals surface area contributed by atoms with Crippen LogP contribution >= 0.6 is 11.6 Å². The van der Waals surface area contributed by atoms with Gasteiger partial charge in [-0.1, -0.05) is 30.7 Å². The van der Waals surface area contributed by atoms with Crippen molar-refractivity contribution in [2.75, 3.05) is 7.11 Å². The molecule has 1 aromatic heterocycles. The van der Waals surface area contributed by atoms with Gasteiger partial charge in [-0.15, -0.1) is 0 Å². The van der Waals surface area contributed by atoms with Gasteiger partial charge in [0.2, 0.25) is 0 Å². The zero-order chi connectivity index (χ0) is 14.7. The van der Waals surface area contributed by atoms with Gasteiger partial charge in [-0.2, -0.15) is 5.10 Å². The highest BCUT2D eigenvalue weighted by atomic mass is 35.5. The lowest BCUT2D eigenvalue weighted by Crippen LogP contribution is -2.33. The van der Waals surface area contributed by atoms with Gasteiger partial charge in [0.15, 0.2) is 0 Å². The Hall–Kier alpha value is -1.52. The molecule has 0 saturated carbocycles. The van der Waals surface area contributed by atoms with E-state index < -0.39 is 0 Å². The smallest absolute Gasteiger partial charge is 0.119 e. The summed E-state index contributed by atoms with van der Waals surface area (Å²) in [5, 5.41) is 5.13. The van der Waals surface area contributed by atoms with Crippen LogP contribution in [0.3, 0.4) is 0 Å². The second-order valence-electron chi connectivity index (χ2n) is 4.84. The molecule has 2 atom stereocenters. The number of halogens is 1. The number of nitrogens with two attached hydrogens (primary N) is 1. The maximum absolute atomic E-state index is 6.29. The number of ether oxygens (including phenoxy) is 1. The predicted octanol–water partition coefficient (Wildman–Crippen LogP) is 3.18. The van der Waals surface area contributed by atoms with E-state index in [-0.39, 0.29) is 12.1 Å². The number of aryl methyl sites for hydroxylation is 1. The fraction of sp³-hybridized carbons (Fsp3) is 0.400. The molecular weight excluding hydrogens is 274 g/mol. The van der Waals surface area contributed by atoms with Crippen molar-refractivity contribution in [2.45, 2.75) is 32.4 Å². The Morgan fingerprint density at radius 3 is 2.75 bits per heavy atom. The van der Waals surface area contributed by atoms with Crippen molar-refractivity contribution in [2.24, 2.45) is 5.73 Å². The maximum atomic E-state index is 6.29. The van der Waals surface area contributed by atoms with Crippen LogP contribution in [0.15, 0.2) is 30.5 Å². The third-order valence-corrected chi connectivity index (χ3v) is 3.83. The molecule has 2 aromatic rings. The van der Waals surface area contributed by atoms with Crippen LogP contribution in [0.2, 0.25) is 5.02 Å². The topological polar surface area (TPSA) is 53.1 Å². The highest BCUT2D eigenvalue weighted by Crippen LogP contribution is 2.27. The number of benzene rings is 1. The molecule has 0 aliphatic heterocycles. The van der Waals surface area contributed by atoms with Gasteiger partial charge in [-0.05, 0) is 31.0 Å². The summed E-state index contributed by atoms with van der Waals surface area (Å²) in [6.45, 7) is 3.95. The summed E-state index contributed by atoms with van der Waals surface area (Å²) in [6, 6.07) is 7.80. The molecule has 1 heterocycles. The zero-order valence-electron chi connectivity index (χ0n) is 12.0. The minimum Gasteiger partial charge on any atom is -0.497 e. The second kappa shape index (κ2) is 6.29. The monoisotopic (exact) mass is 293 g/mol. The van der Waals surface area contributed by atoms with E-state index in [1.54, 1.807) is 7.11 Å². The van der Waals surface area contributed by atoms with Crippen LogP contribution in [0.5, 0.6) is 5.75 Å². The molecule has 4 nitrogen and oxygen atoms in total. The molecule has 108 valence electrons. The fourth-order valence-electron chi connectivity index (χ4n) is 2.25. The first-order valence-corrected chi connectivity index (χ1v) is 7.05. The van der Waals surface area contributed by atoms with Crippen molar-refractivity contribution < 1.29 is 4.74 Å². The number of methoxy groups -OCH3 is 1. The van der Waals surface area contributed by atoms with Gasteiger partial charge in [0.05, 0.1) is 23.9 Å². The van der Waals surface area contributed by atoms with Gasteiger partial charge in [-0.25, -0.2) is 0 Å². The molecule has 1 aromatic carbocycles. The van der Waals surface area contributed by atoms with E-state index in [4.69, 9.17) is 22.1 Å². The van der Waals surface area contributed by atoms with Crippen LogP contribution in [-0.4, -0.2) is 22.9 Å².